The maximum absolute atomic E-state index is 12.6. The van der Waals surface area contributed by atoms with Gasteiger partial charge in [0.05, 0.1) is 0 Å². The molecule has 1 aromatic rings. The molecule has 2 saturated heterocycles. The predicted octanol–water partition coefficient (Wildman–Crippen LogP) is 1.86. The third kappa shape index (κ3) is 3.13. The van der Waals surface area contributed by atoms with Crippen LogP contribution in [-0.2, 0) is 7.05 Å². The number of fused-ring (bicyclic) bond motifs is 2. The van der Waals surface area contributed by atoms with Crippen molar-refractivity contribution in [3.8, 4) is 0 Å². The fraction of sp³-hybridized carbons (Fsp3) is 0.647. The number of pyridine rings is 1. The zero-order valence-electron chi connectivity index (χ0n) is 14.2. The lowest BCUT2D eigenvalue weighted by atomic mass is 10.1. The molecule has 2 amide bonds. The van der Waals surface area contributed by atoms with Crippen LogP contribution in [0.2, 0.25) is 0 Å². The highest BCUT2D eigenvalue weighted by molar-refractivity contribution is 5.89. The van der Waals surface area contributed by atoms with Crippen LogP contribution in [0.3, 0.4) is 0 Å². The van der Waals surface area contributed by atoms with Crippen molar-refractivity contribution >= 4 is 11.7 Å². The van der Waals surface area contributed by atoms with Crippen LogP contribution in [0, 0.1) is 0 Å². The minimum Gasteiger partial charge on any atom is -0.323 e. The Kier molecular flexibility index (Phi) is 4.43. The molecule has 2 fully saturated rings. The van der Waals surface area contributed by atoms with E-state index in [1.807, 2.05) is 4.90 Å². The highest BCUT2D eigenvalue weighted by Crippen LogP contribution is 2.32. The second-order valence-corrected chi connectivity index (χ2v) is 6.93. The predicted molar refractivity (Wildman–Crippen MR) is 90.7 cm³/mol. The Morgan fingerprint density at radius 2 is 2.00 bits per heavy atom. The second kappa shape index (κ2) is 6.35. The molecule has 0 aliphatic carbocycles. The Morgan fingerprint density at radius 1 is 1.26 bits per heavy atom. The topological polar surface area (TPSA) is 57.6 Å². The summed E-state index contributed by atoms with van der Waals surface area (Å²) in [7, 11) is 1.68. The van der Waals surface area contributed by atoms with Gasteiger partial charge in [-0.05, 0) is 45.2 Å². The number of carbonyl (C=O) groups is 1. The van der Waals surface area contributed by atoms with Gasteiger partial charge < -0.3 is 14.8 Å². The lowest BCUT2D eigenvalue weighted by molar-refractivity contribution is 0.149. The van der Waals surface area contributed by atoms with Crippen molar-refractivity contribution in [2.24, 2.45) is 7.05 Å². The first kappa shape index (κ1) is 16.1. The Balaban J connectivity index is 1.71. The molecule has 1 aromatic heterocycles. The molecule has 0 unspecified atom stereocenters. The van der Waals surface area contributed by atoms with Crippen molar-refractivity contribution in [3.05, 3.63) is 28.7 Å². The number of hydrogen-bond donors (Lipinski definition) is 1. The fourth-order valence-corrected chi connectivity index (χ4v) is 4.03. The van der Waals surface area contributed by atoms with E-state index in [2.05, 4.69) is 24.1 Å². The van der Waals surface area contributed by atoms with E-state index in [0.717, 1.165) is 25.9 Å². The Labute approximate surface area is 137 Å². The SMILES string of the molecule is CC(C)N1[C@H]2CC[C@H]1CN(C(=O)Nc1cccn(C)c1=O)CC2. The number of aromatic nitrogens is 1. The molecule has 3 heterocycles. The molecule has 0 radical (unpaired) electrons. The maximum atomic E-state index is 12.6. The molecule has 2 aliphatic heterocycles. The zero-order chi connectivity index (χ0) is 16.6. The molecule has 2 bridgehead atoms. The van der Waals surface area contributed by atoms with Gasteiger partial charge in [0.25, 0.3) is 5.56 Å². The van der Waals surface area contributed by atoms with Gasteiger partial charge in [-0.1, -0.05) is 0 Å². The van der Waals surface area contributed by atoms with Crippen LogP contribution < -0.4 is 10.9 Å². The molecule has 2 atom stereocenters. The Bertz CT molecular complexity index is 640. The van der Waals surface area contributed by atoms with E-state index in [-0.39, 0.29) is 11.6 Å². The summed E-state index contributed by atoms with van der Waals surface area (Å²) in [6.07, 6.45) is 5.08. The van der Waals surface area contributed by atoms with Crippen molar-refractivity contribution in [2.75, 3.05) is 18.4 Å². The zero-order valence-corrected chi connectivity index (χ0v) is 14.2. The first-order valence-corrected chi connectivity index (χ1v) is 8.46. The molecule has 3 rings (SSSR count). The summed E-state index contributed by atoms with van der Waals surface area (Å²) in [5.74, 6) is 0. The van der Waals surface area contributed by atoms with Crippen molar-refractivity contribution in [3.63, 3.8) is 0 Å². The van der Waals surface area contributed by atoms with Gasteiger partial charge >= 0.3 is 6.03 Å². The number of amides is 2. The molecular weight excluding hydrogens is 292 g/mol. The monoisotopic (exact) mass is 318 g/mol. The number of urea groups is 1. The van der Waals surface area contributed by atoms with Gasteiger partial charge in [0, 0.05) is 44.5 Å². The van der Waals surface area contributed by atoms with E-state index in [4.69, 9.17) is 0 Å². The lowest BCUT2D eigenvalue weighted by Gasteiger charge is -2.32. The second-order valence-electron chi connectivity index (χ2n) is 6.93. The number of rotatable bonds is 2. The number of nitrogens with zero attached hydrogens (tertiary/aromatic N) is 3. The summed E-state index contributed by atoms with van der Waals surface area (Å²) in [6, 6.07) is 4.79. The van der Waals surface area contributed by atoms with Gasteiger partial charge in [-0.3, -0.25) is 9.69 Å². The molecule has 126 valence electrons. The summed E-state index contributed by atoms with van der Waals surface area (Å²) in [4.78, 5) is 29.1. The number of aryl methyl sites for hydroxylation is 1. The number of likely N-dealkylation sites (tertiary alicyclic amines) is 1. The van der Waals surface area contributed by atoms with Crippen LogP contribution in [-0.4, -0.2) is 51.6 Å². The molecule has 2 aliphatic rings. The molecule has 1 N–H and O–H groups in total. The number of hydrogen-bond acceptors (Lipinski definition) is 3. The highest BCUT2D eigenvalue weighted by Gasteiger charge is 2.39. The lowest BCUT2D eigenvalue weighted by Crippen LogP contribution is -2.45. The number of nitrogens with one attached hydrogen (secondary N) is 1. The summed E-state index contributed by atoms with van der Waals surface area (Å²) in [6.45, 7) is 5.96. The van der Waals surface area contributed by atoms with E-state index in [0.29, 0.717) is 23.8 Å². The van der Waals surface area contributed by atoms with Gasteiger partial charge in [-0.2, -0.15) is 0 Å². The highest BCUT2D eigenvalue weighted by atomic mass is 16.2. The van der Waals surface area contributed by atoms with E-state index in [1.165, 1.54) is 11.0 Å². The van der Waals surface area contributed by atoms with Crippen molar-refractivity contribution in [2.45, 2.75) is 51.2 Å². The van der Waals surface area contributed by atoms with Gasteiger partial charge in [-0.15, -0.1) is 0 Å². The normalized spacial score (nSPS) is 24.8. The van der Waals surface area contributed by atoms with Gasteiger partial charge in [0.2, 0.25) is 0 Å². The summed E-state index contributed by atoms with van der Waals surface area (Å²) >= 11 is 0. The largest absolute Gasteiger partial charge is 0.323 e. The molecular formula is C17H26N4O2. The average molecular weight is 318 g/mol. The first-order chi connectivity index (χ1) is 11.0. The van der Waals surface area contributed by atoms with E-state index >= 15 is 0 Å². The minimum atomic E-state index is -0.180. The quantitative estimate of drug-likeness (QED) is 0.905. The average Bonchev–Trinajstić information content (AvgIpc) is 2.78. The summed E-state index contributed by atoms with van der Waals surface area (Å²) in [5, 5.41) is 2.79. The molecule has 23 heavy (non-hydrogen) atoms. The van der Waals surface area contributed by atoms with Crippen molar-refractivity contribution < 1.29 is 4.79 Å². The van der Waals surface area contributed by atoms with Gasteiger partial charge in [0.15, 0.2) is 0 Å². The third-order valence-corrected chi connectivity index (χ3v) is 5.09. The number of carbonyl (C=O) groups excluding carboxylic acids is 1. The molecule has 6 heteroatoms. The molecule has 0 spiro atoms. The standard InChI is InChI=1S/C17H26N4O2/c1-12(2)21-13-6-7-14(21)11-20(10-8-13)17(23)18-15-5-4-9-19(3)16(15)22/h4-5,9,12-14H,6-8,10-11H2,1-3H3,(H,18,23)/t13-,14-/m0/s1. The van der Waals surface area contributed by atoms with Gasteiger partial charge in [0.1, 0.15) is 5.69 Å². The van der Waals surface area contributed by atoms with Crippen LogP contribution in [0.15, 0.2) is 23.1 Å². The fourth-order valence-electron chi connectivity index (χ4n) is 4.03. The van der Waals surface area contributed by atoms with E-state index < -0.39 is 0 Å². The van der Waals surface area contributed by atoms with Crippen LogP contribution >= 0.6 is 0 Å². The van der Waals surface area contributed by atoms with Crippen molar-refractivity contribution in [1.29, 1.82) is 0 Å². The third-order valence-electron chi connectivity index (χ3n) is 5.09. The number of anilines is 1. The van der Waals surface area contributed by atoms with Crippen LogP contribution in [0.4, 0.5) is 10.5 Å². The van der Waals surface area contributed by atoms with Crippen LogP contribution in [0.25, 0.3) is 0 Å². The maximum Gasteiger partial charge on any atom is 0.322 e. The molecule has 0 saturated carbocycles. The summed E-state index contributed by atoms with van der Waals surface area (Å²) < 4.78 is 1.47. The van der Waals surface area contributed by atoms with Crippen LogP contribution in [0.1, 0.15) is 33.1 Å². The molecule has 0 aromatic carbocycles. The Hall–Kier alpha value is -1.82. The molecule has 6 nitrogen and oxygen atoms in total. The van der Waals surface area contributed by atoms with Crippen molar-refractivity contribution in [1.82, 2.24) is 14.4 Å². The Morgan fingerprint density at radius 3 is 2.74 bits per heavy atom. The minimum absolute atomic E-state index is 0.162. The van der Waals surface area contributed by atoms with Gasteiger partial charge in [-0.25, -0.2) is 4.79 Å². The first-order valence-electron chi connectivity index (χ1n) is 8.46. The van der Waals surface area contributed by atoms with E-state index in [1.54, 1.807) is 25.4 Å². The summed E-state index contributed by atoms with van der Waals surface area (Å²) in [5.41, 5.74) is 0.163. The smallest absolute Gasteiger partial charge is 0.322 e. The van der Waals surface area contributed by atoms with Crippen LogP contribution in [0.5, 0.6) is 0 Å². The van der Waals surface area contributed by atoms with E-state index in [9.17, 15) is 9.59 Å².